The highest BCUT2D eigenvalue weighted by atomic mass is 32.2. The van der Waals surface area contributed by atoms with E-state index in [1.54, 1.807) is 35.4 Å². The van der Waals surface area contributed by atoms with Gasteiger partial charge in [0, 0.05) is 41.4 Å². The molecule has 29 heavy (non-hydrogen) atoms. The van der Waals surface area contributed by atoms with Gasteiger partial charge in [0.05, 0.1) is 17.9 Å². The summed E-state index contributed by atoms with van der Waals surface area (Å²) in [4.78, 5) is 15.4. The average molecular weight is 411 g/mol. The van der Waals surface area contributed by atoms with Gasteiger partial charge in [-0.05, 0) is 24.5 Å². The molecule has 0 radical (unpaired) electrons. The van der Waals surface area contributed by atoms with Gasteiger partial charge in [-0.1, -0.05) is 6.92 Å². The van der Waals surface area contributed by atoms with Crippen molar-refractivity contribution in [1.29, 1.82) is 5.26 Å². The van der Waals surface area contributed by atoms with Gasteiger partial charge in [-0.25, -0.2) is 23.8 Å². The molecule has 0 aromatic carbocycles. The van der Waals surface area contributed by atoms with E-state index >= 15 is 0 Å². The Kier molecular flexibility index (Phi) is 4.92. The molecule has 1 aliphatic rings. The maximum Gasteiger partial charge on any atom is 0.161 e. The molecule has 1 fully saturated rings. The summed E-state index contributed by atoms with van der Waals surface area (Å²) in [5.41, 5.74) is 2.32. The summed E-state index contributed by atoms with van der Waals surface area (Å²) < 4.78 is 18.3. The topological polar surface area (TPSA) is 112 Å². The minimum absolute atomic E-state index is 0.00955. The molecule has 0 N–H and O–H groups in total. The van der Waals surface area contributed by atoms with Crippen molar-refractivity contribution in [2.45, 2.75) is 19.4 Å². The molecule has 10 heteroatoms. The van der Waals surface area contributed by atoms with Crippen LogP contribution in [0.1, 0.15) is 19.0 Å². The van der Waals surface area contributed by atoms with Crippen LogP contribution < -0.4 is 4.90 Å². The summed E-state index contributed by atoms with van der Waals surface area (Å²) in [7, 11) is -2.16. The maximum atomic E-state index is 12.1. The van der Waals surface area contributed by atoms with Gasteiger partial charge in [-0.15, -0.1) is 0 Å². The first-order valence-corrected chi connectivity index (χ1v) is 11.6. The molecular weight excluding hydrogens is 388 g/mol. The Morgan fingerprint density at radius 1 is 1.24 bits per heavy atom. The Morgan fingerprint density at radius 3 is 2.83 bits per heavy atom. The lowest BCUT2D eigenvalue weighted by molar-refractivity contribution is 0.402. The molecule has 0 amide bonds. The normalized spacial score (nSPS) is 19.9. The second-order valence-corrected chi connectivity index (χ2v) is 10.3. The first-order valence-electron chi connectivity index (χ1n) is 9.31. The summed E-state index contributed by atoms with van der Waals surface area (Å²) in [6, 6.07) is 7.34. The number of piperidine rings is 1. The van der Waals surface area contributed by atoms with Crippen LogP contribution in [0.25, 0.3) is 17.0 Å². The molecule has 2 atom stereocenters. The van der Waals surface area contributed by atoms with E-state index in [1.165, 1.54) is 6.33 Å². The maximum absolute atomic E-state index is 12.1. The molecule has 0 aliphatic carbocycles. The van der Waals surface area contributed by atoms with E-state index in [2.05, 4.69) is 36.2 Å². The molecular formula is C19H22N8OS. The summed E-state index contributed by atoms with van der Waals surface area (Å²) >= 11 is 0. The van der Waals surface area contributed by atoms with Gasteiger partial charge in [0.15, 0.2) is 11.3 Å². The quantitative estimate of drug-likeness (QED) is 0.649. The van der Waals surface area contributed by atoms with Crippen molar-refractivity contribution in [2.75, 3.05) is 30.5 Å². The van der Waals surface area contributed by atoms with Gasteiger partial charge in [0.1, 0.15) is 23.9 Å². The van der Waals surface area contributed by atoms with Crippen molar-refractivity contribution >= 4 is 21.2 Å². The zero-order valence-electron chi connectivity index (χ0n) is 16.6. The fourth-order valence-electron chi connectivity index (χ4n) is 3.71. The van der Waals surface area contributed by atoms with Gasteiger partial charge in [-0.3, -0.25) is 4.21 Å². The van der Waals surface area contributed by atoms with E-state index in [9.17, 15) is 4.21 Å². The SMILES string of the molecule is CC1CC(N=S(C)(C)=O)CN(c2cc(-c3cnc4ccc(C#N)nn34)ncn2)C1. The minimum Gasteiger partial charge on any atom is -0.354 e. The van der Waals surface area contributed by atoms with Crippen LogP contribution in [0.3, 0.4) is 0 Å². The van der Waals surface area contributed by atoms with Crippen LogP contribution in [0, 0.1) is 17.2 Å². The summed E-state index contributed by atoms with van der Waals surface area (Å²) in [5, 5.41) is 13.4. The third-order valence-electron chi connectivity index (χ3n) is 4.76. The molecule has 0 saturated carbocycles. The molecule has 2 unspecified atom stereocenters. The number of nitriles is 1. The number of hydrogen-bond donors (Lipinski definition) is 0. The standard InChI is InChI=1S/C19H22N8OS/c1-13-6-15(25-29(2,3)28)11-26(10-13)19-7-16(22-12-23-19)17-9-21-18-5-4-14(8-20)24-27(17)18/h4-5,7,9,12-13,15H,6,10-11H2,1-3H3. The van der Waals surface area contributed by atoms with Crippen LogP contribution in [0.15, 0.2) is 35.1 Å². The summed E-state index contributed by atoms with van der Waals surface area (Å²) in [6.07, 6.45) is 7.47. The van der Waals surface area contributed by atoms with E-state index < -0.39 is 9.73 Å². The van der Waals surface area contributed by atoms with Crippen molar-refractivity contribution in [3.05, 3.63) is 36.4 Å². The fraction of sp³-hybridized carbons (Fsp3) is 0.421. The Labute approximate surface area is 169 Å². The molecule has 3 aromatic heterocycles. The molecule has 0 bridgehead atoms. The highest BCUT2D eigenvalue weighted by Crippen LogP contribution is 2.26. The Bertz CT molecular complexity index is 1210. The van der Waals surface area contributed by atoms with Crippen molar-refractivity contribution in [3.63, 3.8) is 0 Å². The molecule has 0 spiro atoms. The minimum atomic E-state index is -2.16. The van der Waals surface area contributed by atoms with Crippen molar-refractivity contribution in [1.82, 2.24) is 24.6 Å². The van der Waals surface area contributed by atoms with Crippen molar-refractivity contribution < 1.29 is 4.21 Å². The van der Waals surface area contributed by atoms with Crippen LogP contribution in [-0.2, 0) is 9.73 Å². The first kappa shape index (κ1) is 19.3. The second-order valence-electron chi connectivity index (χ2n) is 7.69. The smallest absolute Gasteiger partial charge is 0.161 e. The van der Waals surface area contributed by atoms with Gasteiger partial charge in [0.25, 0.3) is 0 Å². The van der Waals surface area contributed by atoms with E-state index in [-0.39, 0.29) is 6.04 Å². The third kappa shape index (κ3) is 4.19. The fourth-order valence-corrected chi connectivity index (χ4v) is 4.58. The molecule has 1 aliphatic heterocycles. The Hall–Kier alpha value is -3.06. The number of aromatic nitrogens is 5. The van der Waals surface area contributed by atoms with Gasteiger partial charge in [-0.2, -0.15) is 10.4 Å². The number of nitrogens with zero attached hydrogens (tertiary/aromatic N) is 8. The van der Waals surface area contributed by atoms with Crippen molar-refractivity contribution in [2.24, 2.45) is 10.3 Å². The molecule has 150 valence electrons. The molecule has 4 rings (SSSR count). The highest BCUT2D eigenvalue weighted by molar-refractivity contribution is 7.92. The molecule has 4 heterocycles. The first-order chi connectivity index (χ1) is 13.8. The monoisotopic (exact) mass is 410 g/mol. The highest BCUT2D eigenvalue weighted by Gasteiger charge is 2.26. The Morgan fingerprint density at radius 2 is 2.07 bits per heavy atom. The predicted octanol–water partition coefficient (Wildman–Crippen LogP) is 2.00. The second kappa shape index (κ2) is 7.40. The number of imidazole rings is 1. The lowest BCUT2D eigenvalue weighted by Gasteiger charge is -2.35. The lowest BCUT2D eigenvalue weighted by Crippen LogP contribution is -2.42. The number of fused-ring (bicyclic) bond motifs is 1. The van der Waals surface area contributed by atoms with Gasteiger partial charge < -0.3 is 4.90 Å². The zero-order valence-corrected chi connectivity index (χ0v) is 17.4. The third-order valence-corrected chi connectivity index (χ3v) is 5.56. The van der Waals surface area contributed by atoms with Crippen LogP contribution >= 0.6 is 0 Å². The summed E-state index contributed by atoms with van der Waals surface area (Å²) in [5.74, 6) is 1.19. The van der Waals surface area contributed by atoms with E-state index in [0.29, 0.717) is 35.2 Å². The number of rotatable bonds is 3. The number of hydrogen-bond acceptors (Lipinski definition) is 8. The van der Waals surface area contributed by atoms with Gasteiger partial charge in [0.2, 0.25) is 0 Å². The Balaban J connectivity index is 1.69. The zero-order chi connectivity index (χ0) is 20.6. The van der Waals surface area contributed by atoms with Gasteiger partial charge >= 0.3 is 0 Å². The van der Waals surface area contributed by atoms with E-state index in [0.717, 1.165) is 18.8 Å². The largest absolute Gasteiger partial charge is 0.354 e. The number of anilines is 1. The van der Waals surface area contributed by atoms with Crippen LogP contribution in [0.2, 0.25) is 0 Å². The van der Waals surface area contributed by atoms with Crippen LogP contribution in [0.5, 0.6) is 0 Å². The lowest BCUT2D eigenvalue weighted by atomic mass is 9.96. The molecule has 9 nitrogen and oxygen atoms in total. The van der Waals surface area contributed by atoms with Crippen LogP contribution in [-0.4, -0.2) is 60.4 Å². The predicted molar refractivity (Wildman–Crippen MR) is 111 cm³/mol. The van der Waals surface area contributed by atoms with E-state index in [4.69, 9.17) is 5.26 Å². The molecule has 1 saturated heterocycles. The average Bonchev–Trinajstić information content (AvgIpc) is 3.09. The van der Waals surface area contributed by atoms with Crippen LogP contribution in [0.4, 0.5) is 5.82 Å². The summed E-state index contributed by atoms with van der Waals surface area (Å²) in [6.45, 7) is 3.69. The van der Waals surface area contributed by atoms with E-state index in [1.807, 2.05) is 12.1 Å². The van der Waals surface area contributed by atoms with Crippen molar-refractivity contribution in [3.8, 4) is 17.5 Å². The molecule has 3 aromatic rings.